The fraction of sp³-hybridized carbons (Fsp3) is 0.364. The number of nitrogens with zero attached hydrogens (tertiary/aromatic N) is 2. The number of rotatable bonds is 6. The summed E-state index contributed by atoms with van der Waals surface area (Å²) in [5, 5.41) is 0.403. The van der Waals surface area contributed by atoms with Crippen molar-refractivity contribution in [2.75, 3.05) is 24.7 Å². The third-order valence-corrected chi connectivity index (χ3v) is 6.04. The summed E-state index contributed by atoms with van der Waals surface area (Å²) in [4.78, 5) is 19.4. The molecule has 1 aliphatic heterocycles. The van der Waals surface area contributed by atoms with E-state index in [-0.39, 0.29) is 18.2 Å². The van der Waals surface area contributed by atoms with Crippen molar-refractivity contribution in [3.63, 3.8) is 0 Å². The van der Waals surface area contributed by atoms with Crippen LogP contribution in [0.5, 0.6) is 5.75 Å². The summed E-state index contributed by atoms with van der Waals surface area (Å²) in [5.74, 6) is 0.0599. The van der Waals surface area contributed by atoms with Gasteiger partial charge in [-0.15, -0.1) is 0 Å². The Morgan fingerprint density at radius 1 is 1.29 bits per heavy atom. The molecule has 0 radical (unpaired) electrons. The molecule has 9 heteroatoms. The maximum Gasteiger partial charge on any atom is 0.416 e. The van der Waals surface area contributed by atoms with Gasteiger partial charge < -0.3 is 9.47 Å². The predicted octanol–water partition coefficient (Wildman–Crippen LogP) is 5.54. The summed E-state index contributed by atoms with van der Waals surface area (Å²) in [6.45, 7) is 3.16. The Kier molecular flexibility index (Phi) is 6.15. The minimum atomic E-state index is -4.53. The second-order valence-electron chi connectivity index (χ2n) is 7.16. The van der Waals surface area contributed by atoms with Crippen LogP contribution >= 0.6 is 11.3 Å². The molecular formula is C22H21F3N2O3S. The minimum absolute atomic E-state index is 0.0443. The van der Waals surface area contributed by atoms with E-state index in [9.17, 15) is 18.0 Å². The van der Waals surface area contributed by atoms with E-state index in [0.29, 0.717) is 29.6 Å². The summed E-state index contributed by atoms with van der Waals surface area (Å²) in [6, 6.07) is 9.97. The molecule has 0 spiro atoms. The first-order chi connectivity index (χ1) is 14.9. The van der Waals surface area contributed by atoms with Gasteiger partial charge in [-0.25, -0.2) is 4.98 Å². The first kappa shape index (κ1) is 21.6. The van der Waals surface area contributed by atoms with E-state index >= 15 is 0 Å². The molecule has 1 atom stereocenters. The van der Waals surface area contributed by atoms with Gasteiger partial charge in [-0.05, 0) is 50.1 Å². The molecule has 0 bridgehead atoms. The van der Waals surface area contributed by atoms with Gasteiger partial charge in [-0.1, -0.05) is 23.5 Å². The largest absolute Gasteiger partial charge is 0.492 e. The number of carbonyl (C=O) groups is 1. The van der Waals surface area contributed by atoms with Gasteiger partial charge in [0, 0.05) is 12.2 Å². The highest BCUT2D eigenvalue weighted by atomic mass is 32.1. The molecule has 2 aromatic carbocycles. The van der Waals surface area contributed by atoms with Crippen LogP contribution in [0.4, 0.5) is 18.3 Å². The first-order valence-corrected chi connectivity index (χ1v) is 10.8. The Hall–Kier alpha value is -2.65. The Morgan fingerprint density at radius 3 is 2.81 bits per heavy atom. The standard InChI is InChI=1S/C22H21F3N2O3S/c1-2-29-17-9-4-10-18-19(17)26-21(31-18)27(13-16-8-5-11-30-16)20(28)14-6-3-7-15(12-14)22(23,24)25/h3-4,6-7,9-10,12,16H,2,5,8,11,13H2,1H3. The number of alkyl halides is 3. The van der Waals surface area contributed by atoms with Crippen molar-refractivity contribution < 1.29 is 27.4 Å². The van der Waals surface area contributed by atoms with Gasteiger partial charge in [0.1, 0.15) is 11.3 Å². The molecule has 1 unspecified atom stereocenters. The van der Waals surface area contributed by atoms with Gasteiger partial charge in [0.25, 0.3) is 5.91 Å². The predicted molar refractivity (Wildman–Crippen MR) is 113 cm³/mol. The molecule has 1 aromatic heterocycles. The highest BCUT2D eigenvalue weighted by Crippen LogP contribution is 2.36. The lowest BCUT2D eigenvalue weighted by atomic mass is 10.1. The maximum atomic E-state index is 13.3. The molecule has 4 rings (SSSR count). The zero-order valence-electron chi connectivity index (χ0n) is 16.8. The second kappa shape index (κ2) is 8.84. The van der Waals surface area contributed by atoms with Crippen LogP contribution in [-0.4, -0.2) is 36.8 Å². The van der Waals surface area contributed by atoms with Crippen LogP contribution in [0.3, 0.4) is 0 Å². The number of amides is 1. The number of aromatic nitrogens is 1. The Balaban J connectivity index is 1.73. The number of fused-ring (bicyclic) bond motifs is 1. The second-order valence-corrected chi connectivity index (χ2v) is 8.17. The third kappa shape index (κ3) is 4.67. The average Bonchev–Trinajstić information content (AvgIpc) is 3.41. The zero-order chi connectivity index (χ0) is 22.0. The van der Waals surface area contributed by atoms with Crippen molar-refractivity contribution in [3.8, 4) is 5.75 Å². The molecule has 3 aromatic rings. The van der Waals surface area contributed by atoms with Crippen LogP contribution in [0.25, 0.3) is 10.2 Å². The lowest BCUT2D eigenvalue weighted by Gasteiger charge is -2.23. The number of ether oxygens (including phenoxy) is 2. The molecule has 0 N–H and O–H groups in total. The maximum absolute atomic E-state index is 13.3. The molecule has 0 aliphatic carbocycles. The summed E-state index contributed by atoms with van der Waals surface area (Å²) in [6.07, 6.45) is -3.06. The van der Waals surface area contributed by atoms with Gasteiger partial charge >= 0.3 is 6.18 Å². The van der Waals surface area contributed by atoms with Crippen LogP contribution in [0, 0.1) is 0 Å². The number of carbonyl (C=O) groups excluding carboxylic acids is 1. The molecule has 1 fully saturated rings. The molecule has 5 nitrogen and oxygen atoms in total. The quantitative estimate of drug-likeness (QED) is 0.495. The summed E-state index contributed by atoms with van der Waals surface area (Å²) >= 11 is 1.30. The van der Waals surface area contributed by atoms with E-state index in [1.165, 1.54) is 28.4 Å². The Bertz CT molecular complexity index is 1080. The van der Waals surface area contributed by atoms with Gasteiger partial charge in [0.05, 0.1) is 29.5 Å². The smallest absolute Gasteiger partial charge is 0.416 e. The third-order valence-electron chi connectivity index (χ3n) is 4.99. The number of hydrogen-bond donors (Lipinski definition) is 0. The number of benzene rings is 2. The fourth-order valence-corrected chi connectivity index (χ4v) is 4.51. The molecule has 164 valence electrons. The Morgan fingerprint density at radius 2 is 2.10 bits per heavy atom. The van der Waals surface area contributed by atoms with Crippen LogP contribution in [-0.2, 0) is 10.9 Å². The molecular weight excluding hydrogens is 429 g/mol. The topological polar surface area (TPSA) is 51.7 Å². The van der Waals surface area contributed by atoms with E-state index in [2.05, 4.69) is 4.98 Å². The summed E-state index contributed by atoms with van der Waals surface area (Å²) in [7, 11) is 0. The number of thiazole rings is 1. The normalized spacial score (nSPS) is 16.6. The number of anilines is 1. The van der Waals surface area contributed by atoms with Gasteiger partial charge in [0.2, 0.25) is 0 Å². The van der Waals surface area contributed by atoms with Crippen molar-refractivity contribution in [3.05, 3.63) is 53.6 Å². The summed E-state index contributed by atoms with van der Waals surface area (Å²) in [5.41, 5.74) is -0.283. The molecule has 31 heavy (non-hydrogen) atoms. The summed E-state index contributed by atoms with van der Waals surface area (Å²) < 4.78 is 51.7. The number of para-hydroxylation sites is 1. The minimum Gasteiger partial charge on any atom is -0.492 e. The molecule has 2 heterocycles. The SMILES string of the molecule is CCOc1cccc2sc(N(CC3CCCO3)C(=O)c3cccc(C(F)(F)F)c3)nc12. The molecule has 1 amide bonds. The molecule has 0 saturated carbocycles. The van der Waals surface area contributed by atoms with E-state index < -0.39 is 17.6 Å². The van der Waals surface area contributed by atoms with Crippen LogP contribution in [0.15, 0.2) is 42.5 Å². The van der Waals surface area contributed by atoms with Crippen LogP contribution < -0.4 is 9.64 Å². The van der Waals surface area contributed by atoms with Crippen molar-refractivity contribution >= 4 is 32.6 Å². The van der Waals surface area contributed by atoms with Crippen molar-refractivity contribution in [2.45, 2.75) is 32.0 Å². The first-order valence-electron chi connectivity index (χ1n) is 10.00. The van der Waals surface area contributed by atoms with Gasteiger partial charge in [-0.2, -0.15) is 13.2 Å². The van der Waals surface area contributed by atoms with E-state index in [0.717, 1.165) is 29.7 Å². The van der Waals surface area contributed by atoms with E-state index in [1.807, 2.05) is 19.1 Å². The van der Waals surface area contributed by atoms with Crippen molar-refractivity contribution in [1.29, 1.82) is 0 Å². The van der Waals surface area contributed by atoms with Gasteiger partial charge in [-0.3, -0.25) is 9.69 Å². The number of halogens is 3. The highest BCUT2D eigenvalue weighted by Gasteiger charge is 2.32. The Labute approximate surface area is 181 Å². The van der Waals surface area contributed by atoms with Gasteiger partial charge in [0.15, 0.2) is 5.13 Å². The lowest BCUT2D eigenvalue weighted by Crippen LogP contribution is -2.37. The molecule has 1 saturated heterocycles. The van der Waals surface area contributed by atoms with Crippen molar-refractivity contribution in [2.24, 2.45) is 0 Å². The average molecular weight is 450 g/mol. The monoisotopic (exact) mass is 450 g/mol. The van der Waals surface area contributed by atoms with Crippen LogP contribution in [0.2, 0.25) is 0 Å². The fourth-order valence-electron chi connectivity index (χ4n) is 3.52. The van der Waals surface area contributed by atoms with E-state index in [4.69, 9.17) is 9.47 Å². The van der Waals surface area contributed by atoms with Crippen molar-refractivity contribution in [1.82, 2.24) is 4.98 Å². The van der Waals surface area contributed by atoms with E-state index in [1.54, 1.807) is 6.07 Å². The zero-order valence-corrected chi connectivity index (χ0v) is 17.6. The number of hydrogen-bond acceptors (Lipinski definition) is 5. The lowest BCUT2D eigenvalue weighted by molar-refractivity contribution is -0.137. The highest BCUT2D eigenvalue weighted by molar-refractivity contribution is 7.22. The molecule has 1 aliphatic rings. The van der Waals surface area contributed by atoms with Crippen LogP contribution in [0.1, 0.15) is 35.7 Å².